The number of rotatable bonds is 8. The second kappa shape index (κ2) is 13.4. The van der Waals surface area contributed by atoms with Crippen LogP contribution in [0.1, 0.15) is 41.0 Å². The van der Waals surface area contributed by atoms with Crippen molar-refractivity contribution in [2.24, 2.45) is 0 Å². The minimum absolute atomic E-state index is 0.133. The first-order valence-corrected chi connectivity index (χ1v) is 14.0. The number of carboxylic acid groups (broad SMARTS) is 1. The third-order valence-corrected chi connectivity index (χ3v) is 7.58. The number of halogens is 2. The number of hydrogen-bond acceptors (Lipinski definition) is 6. The Balaban J connectivity index is 0.000000741. The molecule has 0 bridgehead atoms. The lowest BCUT2D eigenvalue weighted by atomic mass is 10.1. The largest absolute Gasteiger partial charge is 0.490 e. The Kier molecular flexibility index (Phi) is 9.44. The van der Waals surface area contributed by atoms with Crippen LogP contribution < -0.4 is 9.47 Å². The quantitative estimate of drug-likeness (QED) is 0.241. The molecule has 2 fully saturated rings. The first-order valence-electron chi connectivity index (χ1n) is 13.3. The van der Waals surface area contributed by atoms with Gasteiger partial charge in [0.1, 0.15) is 35.1 Å². The SMILES string of the molecule is C1COC1.O=C(O)c1ccc2nc(CN3CCC(Oc4cccc(COc5cccc(Cl)c5Cl)c4)CC3)[nH]c2c1. The van der Waals surface area contributed by atoms with Crippen LogP contribution in [0.2, 0.25) is 10.0 Å². The molecule has 2 aliphatic rings. The molecule has 2 N–H and O–H groups in total. The van der Waals surface area contributed by atoms with Crippen molar-refractivity contribution in [3.8, 4) is 11.5 Å². The summed E-state index contributed by atoms with van der Waals surface area (Å²) in [5, 5.41) is 10.1. The lowest BCUT2D eigenvalue weighted by Gasteiger charge is -2.31. The Morgan fingerprint density at radius 3 is 2.55 bits per heavy atom. The van der Waals surface area contributed by atoms with E-state index in [0.29, 0.717) is 28.9 Å². The van der Waals surface area contributed by atoms with Crippen molar-refractivity contribution in [1.29, 1.82) is 0 Å². The van der Waals surface area contributed by atoms with Crippen LogP contribution in [0.15, 0.2) is 60.7 Å². The first kappa shape index (κ1) is 28.2. The van der Waals surface area contributed by atoms with Crippen LogP contribution in [0.5, 0.6) is 11.5 Å². The molecule has 0 radical (unpaired) electrons. The Labute approximate surface area is 242 Å². The number of nitrogens with one attached hydrogen (secondary N) is 1. The minimum atomic E-state index is -0.946. The van der Waals surface area contributed by atoms with Gasteiger partial charge >= 0.3 is 5.97 Å². The Bertz CT molecular complexity index is 1440. The van der Waals surface area contributed by atoms with Crippen molar-refractivity contribution in [3.05, 3.63) is 87.7 Å². The fourth-order valence-electron chi connectivity index (χ4n) is 4.47. The van der Waals surface area contributed by atoms with Crippen molar-refractivity contribution in [3.63, 3.8) is 0 Å². The van der Waals surface area contributed by atoms with Gasteiger partial charge in [0.25, 0.3) is 0 Å². The Morgan fingerprint density at radius 2 is 1.82 bits per heavy atom. The molecule has 0 atom stereocenters. The maximum atomic E-state index is 11.2. The van der Waals surface area contributed by atoms with Crippen molar-refractivity contribution < 1.29 is 24.1 Å². The molecule has 0 aliphatic carbocycles. The molecule has 40 heavy (non-hydrogen) atoms. The van der Waals surface area contributed by atoms with E-state index in [4.69, 9.17) is 37.4 Å². The lowest BCUT2D eigenvalue weighted by molar-refractivity contribution is 0.0367. The highest BCUT2D eigenvalue weighted by Crippen LogP contribution is 2.32. The van der Waals surface area contributed by atoms with Crippen LogP contribution in [0.4, 0.5) is 0 Å². The van der Waals surface area contributed by atoms with Gasteiger partial charge in [-0.3, -0.25) is 4.90 Å². The van der Waals surface area contributed by atoms with Crippen molar-refractivity contribution >= 4 is 40.2 Å². The van der Waals surface area contributed by atoms with E-state index in [9.17, 15) is 9.90 Å². The summed E-state index contributed by atoms with van der Waals surface area (Å²) >= 11 is 12.3. The number of imidazole rings is 1. The van der Waals surface area contributed by atoms with Gasteiger partial charge in [0, 0.05) is 26.3 Å². The van der Waals surface area contributed by atoms with E-state index < -0.39 is 5.97 Å². The third-order valence-electron chi connectivity index (χ3n) is 6.77. The normalized spacial score (nSPS) is 15.7. The number of H-pyrrole nitrogens is 1. The summed E-state index contributed by atoms with van der Waals surface area (Å²) in [7, 11) is 0. The molecule has 1 aromatic heterocycles. The van der Waals surface area contributed by atoms with Gasteiger partial charge in [-0.15, -0.1) is 0 Å². The number of aromatic nitrogens is 2. The number of piperidine rings is 1. The molecule has 4 aromatic rings. The zero-order valence-corrected chi connectivity index (χ0v) is 23.5. The second-order valence-electron chi connectivity index (χ2n) is 9.77. The molecule has 0 unspecified atom stereocenters. The summed E-state index contributed by atoms with van der Waals surface area (Å²) in [5.74, 6) is 1.26. The second-order valence-corrected chi connectivity index (χ2v) is 10.6. The summed E-state index contributed by atoms with van der Waals surface area (Å²) in [6.07, 6.45) is 3.22. The number of ether oxygens (including phenoxy) is 3. The van der Waals surface area contributed by atoms with Crippen LogP contribution in [-0.2, 0) is 17.9 Å². The number of likely N-dealkylation sites (tertiary alicyclic amines) is 1. The van der Waals surface area contributed by atoms with Gasteiger partial charge in [0.2, 0.25) is 0 Å². The van der Waals surface area contributed by atoms with Crippen LogP contribution in [0.25, 0.3) is 11.0 Å². The first-order chi connectivity index (χ1) is 19.4. The summed E-state index contributed by atoms with van der Waals surface area (Å²) < 4.78 is 16.8. The van der Waals surface area contributed by atoms with Crippen LogP contribution in [0.3, 0.4) is 0 Å². The van der Waals surface area contributed by atoms with Gasteiger partial charge in [0.15, 0.2) is 0 Å². The van der Waals surface area contributed by atoms with E-state index >= 15 is 0 Å². The summed E-state index contributed by atoms with van der Waals surface area (Å²) in [5.41, 5.74) is 2.75. The fraction of sp³-hybridized carbons (Fsp3) is 0.333. The maximum Gasteiger partial charge on any atom is 0.335 e. The van der Waals surface area contributed by atoms with Crippen molar-refractivity contribution in [1.82, 2.24) is 14.9 Å². The van der Waals surface area contributed by atoms with Crippen LogP contribution in [-0.4, -0.2) is 58.4 Å². The highest BCUT2D eigenvalue weighted by molar-refractivity contribution is 6.42. The molecule has 10 heteroatoms. The summed E-state index contributed by atoms with van der Waals surface area (Å²) in [4.78, 5) is 21.4. The highest BCUT2D eigenvalue weighted by atomic mass is 35.5. The van der Waals surface area contributed by atoms with Gasteiger partial charge in [0.05, 0.1) is 28.2 Å². The Morgan fingerprint density at radius 1 is 1.07 bits per heavy atom. The van der Waals surface area contributed by atoms with E-state index in [1.54, 1.807) is 36.4 Å². The Hall–Kier alpha value is -3.30. The topological polar surface area (TPSA) is 96.9 Å². The third kappa shape index (κ3) is 7.46. The van der Waals surface area contributed by atoms with Gasteiger partial charge in [-0.1, -0.05) is 41.4 Å². The van der Waals surface area contributed by atoms with Crippen LogP contribution in [0, 0.1) is 0 Å². The number of aromatic amines is 1. The molecule has 2 saturated heterocycles. The highest BCUT2D eigenvalue weighted by Gasteiger charge is 2.22. The molecule has 6 rings (SSSR count). The predicted molar refractivity (Wildman–Crippen MR) is 155 cm³/mol. The molecule has 3 heterocycles. The number of benzene rings is 3. The molecule has 210 valence electrons. The van der Waals surface area contributed by atoms with E-state index in [2.05, 4.69) is 14.9 Å². The number of aromatic carboxylic acids is 1. The van der Waals surface area contributed by atoms with E-state index in [-0.39, 0.29) is 11.7 Å². The van der Waals surface area contributed by atoms with Gasteiger partial charge < -0.3 is 24.3 Å². The number of carboxylic acids is 1. The molecule has 0 amide bonds. The average Bonchev–Trinajstić information content (AvgIpc) is 3.31. The maximum absolute atomic E-state index is 11.2. The van der Waals surface area contributed by atoms with Crippen molar-refractivity contribution in [2.45, 2.75) is 38.5 Å². The van der Waals surface area contributed by atoms with Gasteiger partial charge in [-0.25, -0.2) is 9.78 Å². The number of hydrogen-bond donors (Lipinski definition) is 2. The molecule has 2 aliphatic heterocycles. The van der Waals surface area contributed by atoms with E-state index in [1.807, 2.05) is 24.3 Å². The van der Waals surface area contributed by atoms with E-state index in [1.165, 1.54) is 6.42 Å². The monoisotopic (exact) mass is 583 g/mol. The molecular weight excluding hydrogens is 553 g/mol. The molecule has 8 nitrogen and oxygen atoms in total. The summed E-state index contributed by atoms with van der Waals surface area (Å²) in [6, 6.07) is 18.2. The lowest BCUT2D eigenvalue weighted by Crippen LogP contribution is -2.38. The molecule has 0 saturated carbocycles. The number of nitrogens with zero attached hydrogens (tertiary/aromatic N) is 2. The zero-order valence-electron chi connectivity index (χ0n) is 21.9. The molecular formula is C30H31Cl2N3O5. The fourth-order valence-corrected chi connectivity index (χ4v) is 4.82. The molecule has 0 spiro atoms. The number of fused-ring (bicyclic) bond motifs is 1. The van der Waals surface area contributed by atoms with Gasteiger partial charge in [-0.2, -0.15) is 0 Å². The van der Waals surface area contributed by atoms with Crippen molar-refractivity contribution in [2.75, 3.05) is 26.3 Å². The van der Waals surface area contributed by atoms with E-state index in [0.717, 1.165) is 67.3 Å². The minimum Gasteiger partial charge on any atom is -0.490 e. The summed E-state index contributed by atoms with van der Waals surface area (Å²) in [6.45, 7) is 4.82. The average molecular weight is 584 g/mol. The van der Waals surface area contributed by atoms with Crippen LogP contribution >= 0.6 is 23.2 Å². The number of carbonyl (C=O) groups is 1. The standard InChI is InChI=1S/C27H25Cl2N3O4.C3H6O/c28-21-5-2-6-24(26(21)29)35-16-17-3-1-4-20(13-17)36-19-9-11-32(12-10-19)15-25-30-22-8-7-18(27(33)34)14-23(22)31-25;1-2-4-3-1/h1-8,13-14,19H,9-12,15-16H2,(H,30,31)(H,33,34);1-3H2. The smallest absolute Gasteiger partial charge is 0.335 e. The zero-order chi connectivity index (χ0) is 27.9. The predicted octanol–water partition coefficient (Wildman–Crippen LogP) is 6.60. The van der Waals surface area contributed by atoms with Gasteiger partial charge in [-0.05, 0) is 67.3 Å². The molecule has 3 aromatic carbocycles.